The van der Waals surface area contributed by atoms with E-state index in [9.17, 15) is 26.0 Å². The molecule has 2 heterocycles. The average molecular weight is 497 g/mol. The Labute approximate surface area is 189 Å². The molecule has 4 rings (SSSR count). The number of para-hydroxylation sites is 1. The maximum absolute atomic E-state index is 14.7. The molecule has 0 bridgehead atoms. The maximum atomic E-state index is 14.7. The zero-order valence-corrected chi connectivity index (χ0v) is 18.4. The Morgan fingerprint density at radius 1 is 1.09 bits per heavy atom. The van der Waals surface area contributed by atoms with Crippen LogP contribution in [0.3, 0.4) is 0 Å². The van der Waals surface area contributed by atoms with E-state index in [1.807, 2.05) is 0 Å². The number of hydrogen-bond acceptors (Lipinski definition) is 6. The van der Waals surface area contributed by atoms with Crippen molar-refractivity contribution in [1.82, 2.24) is 14.8 Å². The molecule has 0 amide bonds. The molecule has 0 saturated heterocycles. The Kier molecular flexibility index (Phi) is 5.84. The van der Waals surface area contributed by atoms with Crippen molar-refractivity contribution in [3.8, 4) is 5.69 Å². The van der Waals surface area contributed by atoms with Crippen LogP contribution in [0.1, 0.15) is 11.3 Å². The number of rotatable bonds is 6. The molecule has 0 unspecified atom stereocenters. The van der Waals surface area contributed by atoms with Gasteiger partial charge in [0.15, 0.2) is 5.13 Å². The number of anilines is 3. The second-order valence-electron chi connectivity index (χ2n) is 6.81. The van der Waals surface area contributed by atoms with Crippen molar-refractivity contribution < 1.29 is 26.0 Å². The Bertz CT molecular complexity index is 1400. The van der Waals surface area contributed by atoms with Gasteiger partial charge in [0.25, 0.3) is 10.0 Å². The quantitative estimate of drug-likeness (QED) is 0.351. The van der Waals surface area contributed by atoms with Crippen LogP contribution in [0.15, 0.2) is 65.0 Å². The fourth-order valence-electron chi connectivity index (χ4n) is 3.06. The molecule has 0 atom stereocenters. The Morgan fingerprint density at radius 2 is 1.85 bits per heavy atom. The number of thiazole rings is 1. The van der Waals surface area contributed by atoms with Gasteiger partial charge in [-0.1, -0.05) is 12.1 Å². The summed E-state index contributed by atoms with van der Waals surface area (Å²) in [6, 6.07) is 9.67. The summed E-state index contributed by atoms with van der Waals surface area (Å²) >= 11 is 1.03. The molecule has 7 nitrogen and oxygen atoms in total. The number of nitrogens with zero attached hydrogens (tertiary/aromatic N) is 3. The second kappa shape index (κ2) is 8.48. The lowest BCUT2D eigenvalue weighted by Gasteiger charge is -2.15. The Hall–Kier alpha value is -3.45. The predicted octanol–water partition coefficient (Wildman–Crippen LogP) is 5.34. The molecule has 0 fully saturated rings. The summed E-state index contributed by atoms with van der Waals surface area (Å²) in [5, 5.41) is 8.57. The summed E-state index contributed by atoms with van der Waals surface area (Å²) in [5.74, 6) is -0.914. The number of hydrogen-bond donors (Lipinski definition) is 2. The van der Waals surface area contributed by atoms with Crippen molar-refractivity contribution in [2.24, 2.45) is 0 Å². The molecule has 0 aliphatic rings. The van der Waals surface area contributed by atoms with E-state index in [-0.39, 0.29) is 22.3 Å². The monoisotopic (exact) mass is 497 g/mol. The fraction of sp³-hybridized carbons (Fsp3) is 0.100. The van der Waals surface area contributed by atoms with Gasteiger partial charge in [-0.2, -0.15) is 18.3 Å². The van der Waals surface area contributed by atoms with Gasteiger partial charge in [0.05, 0.1) is 16.9 Å². The number of aromatic nitrogens is 3. The first-order valence-corrected chi connectivity index (χ1v) is 11.6. The molecule has 0 saturated carbocycles. The van der Waals surface area contributed by atoms with Crippen molar-refractivity contribution in [1.29, 1.82) is 0 Å². The van der Waals surface area contributed by atoms with Gasteiger partial charge in [-0.05, 0) is 37.3 Å². The van der Waals surface area contributed by atoms with Gasteiger partial charge < -0.3 is 5.32 Å². The second-order valence-corrected chi connectivity index (χ2v) is 9.36. The van der Waals surface area contributed by atoms with Crippen molar-refractivity contribution in [3.05, 3.63) is 77.2 Å². The van der Waals surface area contributed by atoms with Crippen LogP contribution in [0.2, 0.25) is 0 Å². The molecule has 0 aliphatic carbocycles. The number of halogens is 4. The molecular weight excluding hydrogens is 482 g/mol. The van der Waals surface area contributed by atoms with Crippen molar-refractivity contribution in [3.63, 3.8) is 0 Å². The number of aryl methyl sites for hydroxylation is 1. The topological polar surface area (TPSA) is 88.9 Å². The standard InChI is InChI=1S/C20H15F4N5O2S2/c1-12-10-18(29(27-12)16-5-3-2-4-14(16)20(22,23)24)26-13-6-7-17(15(21)11-13)33(30,31)28-19-25-8-9-32-19/h2-11,26H,1H3,(H,25,28). The fourth-order valence-corrected chi connectivity index (χ4v) is 4.91. The van der Waals surface area contributed by atoms with Gasteiger partial charge in [0.2, 0.25) is 0 Å². The van der Waals surface area contributed by atoms with Gasteiger partial charge in [-0.25, -0.2) is 22.5 Å². The first-order chi connectivity index (χ1) is 15.5. The maximum Gasteiger partial charge on any atom is 0.418 e. The van der Waals surface area contributed by atoms with Gasteiger partial charge in [0.1, 0.15) is 16.5 Å². The number of benzene rings is 2. The number of sulfonamides is 1. The number of alkyl halides is 3. The summed E-state index contributed by atoms with van der Waals surface area (Å²) in [7, 11) is -4.22. The molecule has 172 valence electrons. The summed E-state index contributed by atoms with van der Waals surface area (Å²) < 4.78 is 83.2. The predicted molar refractivity (Wildman–Crippen MR) is 116 cm³/mol. The van der Waals surface area contributed by atoms with Crippen molar-refractivity contribution in [2.45, 2.75) is 18.0 Å². The summed E-state index contributed by atoms with van der Waals surface area (Å²) in [4.78, 5) is 3.20. The zero-order chi connectivity index (χ0) is 23.8. The highest BCUT2D eigenvalue weighted by Gasteiger charge is 2.34. The van der Waals surface area contributed by atoms with Gasteiger partial charge in [-0.3, -0.25) is 4.72 Å². The van der Waals surface area contributed by atoms with Crippen LogP contribution in [-0.4, -0.2) is 23.2 Å². The number of nitrogens with one attached hydrogen (secondary N) is 2. The lowest BCUT2D eigenvalue weighted by atomic mass is 10.1. The van der Waals surface area contributed by atoms with Crippen molar-refractivity contribution in [2.75, 3.05) is 10.0 Å². The first-order valence-electron chi connectivity index (χ1n) is 9.27. The molecule has 4 aromatic rings. The van der Waals surface area contributed by atoms with Gasteiger partial charge >= 0.3 is 6.18 Å². The smallest absolute Gasteiger partial charge is 0.340 e. The highest BCUT2D eigenvalue weighted by molar-refractivity contribution is 7.93. The molecule has 0 aliphatic heterocycles. The zero-order valence-electron chi connectivity index (χ0n) is 16.8. The molecule has 2 aromatic carbocycles. The van der Waals surface area contributed by atoms with E-state index in [4.69, 9.17) is 0 Å². The van der Waals surface area contributed by atoms with E-state index in [1.165, 1.54) is 36.5 Å². The highest BCUT2D eigenvalue weighted by atomic mass is 32.2. The largest absolute Gasteiger partial charge is 0.418 e. The summed E-state index contributed by atoms with van der Waals surface area (Å²) in [5.41, 5.74) is -0.571. The first kappa shape index (κ1) is 22.7. The molecule has 13 heteroatoms. The third-order valence-corrected chi connectivity index (χ3v) is 6.61. The molecule has 2 N–H and O–H groups in total. The third-order valence-electron chi connectivity index (χ3n) is 4.42. The van der Waals surface area contributed by atoms with Crippen molar-refractivity contribution >= 4 is 38.0 Å². The highest BCUT2D eigenvalue weighted by Crippen LogP contribution is 2.35. The van der Waals surface area contributed by atoms with Crippen LogP contribution in [0.4, 0.5) is 34.2 Å². The van der Waals surface area contributed by atoms with Crippen LogP contribution in [0.25, 0.3) is 5.69 Å². The van der Waals surface area contributed by atoms with E-state index in [0.29, 0.717) is 5.69 Å². The van der Waals surface area contributed by atoms with E-state index >= 15 is 0 Å². The molecule has 0 spiro atoms. The van der Waals surface area contributed by atoms with Gasteiger partial charge in [0, 0.05) is 23.3 Å². The Balaban J connectivity index is 1.66. The lowest BCUT2D eigenvalue weighted by molar-refractivity contribution is -0.137. The average Bonchev–Trinajstić information content (AvgIpc) is 3.36. The van der Waals surface area contributed by atoms with Crippen LogP contribution in [0, 0.1) is 12.7 Å². The molecular formula is C20H15F4N5O2S2. The molecule has 33 heavy (non-hydrogen) atoms. The van der Waals surface area contributed by atoms with E-state index in [2.05, 4.69) is 20.1 Å². The van der Waals surface area contributed by atoms with Crippen LogP contribution >= 0.6 is 11.3 Å². The SMILES string of the molecule is Cc1cc(Nc2ccc(S(=O)(=O)Nc3nccs3)c(F)c2)n(-c2ccccc2C(F)(F)F)n1. The summed E-state index contributed by atoms with van der Waals surface area (Å²) in [6.07, 6.45) is -3.21. The molecule has 2 aromatic heterocycles. The Morgan fingerprint density at radius 3 is 2.52 bits per heavy atom. The van der Waals surface area contributed by atoms with Crippen LogP contribution in [-0.2, 0) is 16.2 Å². The normalized spacial score (nSPS) is 12.0. The minimum Gasteiger partial charge on any atom is -0.340 e. The van der Waals surface area contributed by atoms with E-state index in [1.54, 1.807) is 12.3 Å². The van der Waals surface area contributed by atoms with E-state index < -0.39 is 32.5 Å². The summed E-state index contributed by atoms with van der Waals surface area (Å²) in [6.45, 7) is 1.60. The molecule has 0 radical (unpaired) electrons. The lowest BCUT2D eigenvalue weighted by Crippen LogP contribution is -2.15. The van der Waals surface area contributed by atoms with E-state index in [0.717, 1.165) is 34.2 Å². The third kappa shape index (κ3) is 4.83. The van der Waals surface area contributed by atoms with Gasteiger partial charge in [-0.15, -0.1) is 11.3 Å². The van der Waals surface area contributed by atoms with Crippen LogP contribution in [0.5, 0.6) is 0 Å². The van der Waals surface area contributed by atoms with Crippen LogP contribution < -0.4 is 10.0 Å². The minimum atomic E-state index is -4.61. The minimum absolute atomic E-state index is 0.0827.